The predicted molar refractivity (Wildman–Crippen MR) is 67.8 cm³/mol. The molecule has 0 aromatic heterocycles. The third-order valence-corrected chi connectivity index (χ3v) is 3.26. The Kier molecular flexibility index (Phi) is 4.04. The predicted octanol–water partition coefficient (Wildman–Crippen LogP) is 3.11. The van der Waals surface area contributed by atoms with Crippen LogP contribution in [0.5, 0.6) is 5.75 Å². The Morgan fingerprint density at radius 3 is 2.35 bits per heavy atom. The first-order valence-corrected chi connectivity index (χ1v) is 5.65. The molecule has 3 nitrogen and oxygen atoms in total. The zero-order valence-corrected chi connectivity index (χ0v) is 11.5. The molecule has 0 saturated carbocycles. The number of hydrogen-bond donors (Lipinski definition) is 0. The van der Waals surface area contributed by atoms with Crippen LogP contribution < -0.4 is 4.74 Å². The van der Waals surface area contributed by atoms with Crippen LogP contribution in [0.3, 0.4) is 0 Å². The smallest absolute Gasteiger partial charge is 0.315 e. The van der Waals surface area contributed by atoms with Gasteiger partial charge in [-0.25, -0.2) is 0 Å². The molecule has 0 spiro atoms. The van der Waals surface area contributed by atoms with Crippen molar-refractivity contribution < 1.29 is 14.3 Å². The van der Waals surface area contributed by atoms with Crippen LogP contribution in [0.1, 0.15) is 25.0 Å². The van der Waals surface area contributed by atoms with Crippen LogP contribution in [-0.2, 0) is 14.9 Å². The van der Waals surface area contributed by atoms with Gasteiger partial charge in [0.1, 0.15) is 5.75 Å². The van der Waals surface area contributed by atoms with E-state index in [-0.39, 0.29) is 5.97 Å². The topological polar surface area (TPSA) is 35.5 Å². The number of aryl methyl sites for hydroxylation is 1. The maximum absolute atomic E-state index is 11.8. The third-order valence-electron chi connectivity index (χ3n) is 2.85. The van der Waals surface area contributed by atoms with Crippen molar-refractivity contribution in [3.05, 3.63) is 28.3 Å². The van der Waals surface area contributed by atoms with E-state index in [2.05, 4.69) is 0 Å². The van der Waals surface area contributed by atoms with Crippen LogP contribution >= 0.6 is 11.6 Å². The molecule has 1 rings (SSSR count). The monoisotopic (exact) mass is 256 g/mol. The average molecular weight is 257 g/mol. The molecule has 1 aromatic rings. The molecule has 94 valence electrons. The summed E-state index contributed by atoms with van der Waals surface area (Å²) in [5.41, 5.74) is 0.840. The Balaban J connectivity index is 3.39. The summed E-state index contributed by atoms with van der Waals surface area (Å²) in [5.74, 6) is 0.318. The van der Waals surface area contributed by atoms with Crippen LogP contribution in [0, 0.1) is 6.92 Å². The van der Waals surface area contributed by atoms with Gasteiger partial charge >= 0.3 is 5.97 Å². The minimum Gasteiger partial charge on any atom is -0.496 e. The Labute approximate surface area is 107 Å². The zero-order chi connectivity index (χ0) is 13.2. The molecular weight excluding hydrogens is 240 g/mol. The maximum Gasteiger partial charge on any atom is 0.315 e. The Bertz CT molecular complexity index is 439. The number of rotatable bonds is 3. The standard InChI is InChI=1S/C13H17ClO3/c1-8-6-11(16-4)9(7-10(8)14)13(2,3)12(15)17-5/h6-7H,1-5H3. The van der Waals surface area contributed by atoms with Gasteiger partial charge in [0, 0.05) is 10.6 Å². The summed E-state index contributed by atoms with van der Waals surface area (Å²) in [6.45, 7) is 5.45. The third kappa shape index (κ3) is 2.55. The highest BCUT2D eigenvalue weighted by Crippen LogP contribution is 2.36. The van der Waals surface area contributed by atoms with Gasteiger partial charge in [-0.05, 0) is 38.5 Å². The summed E-state index contributed by atoms with van der Waals surface area (Å²) < 4.78 is 10.1. The number of carbonyl (C=O) groups excluding carboxylic acids is 1. The fourth-order valence-electron chi connectivity index (χ4n) is 1.68. The molecule has 0 bridgehead atoms. The lowest BCUT2D eigenvalue weighted by Gasteiger charge is -2.24. The van der Waals surface area contributed by atoms with Crippen molar-refractivity contribution in [3.8, 4) is 5.75 Å². The van der Waals surface area contributed by atoms with Crippen LogP contribution in [0.2, 0.25) is 5.02 Å². The number of benzene rings is 1. The van der Waals surface area contributed by atoms with E-state index in [1.807, 2.05) is 13.0 Å². The molecule has 0 saturated heterocycles. The lowest BCUT2D eigenvalue weighted by Crippen LogP contribution is -2.30. The molecule has 0 amide bonds. The lowest BCUT2D eigenvalue weighted by atomic mass is 9.83. The number of ether oxygens (including phenoxy) is 2. The average Bonchev–Trinajstić information content (AvgIpc) is 2.30. The summed E-state index contributed by atoms with van der Waals surface area (Å²) in [5, 5.41) is 0.609. The number of esters is 1. The van der Waals surface area contributed by atoms with Gasteiger partial charge in [0.05, 0.1) is 19.6 Å². The van der Waals surface area contributed by atoms with Gasteiger partial charge in [-0.1, -0.05) is 11.6 Å². The second-order valence-electron chi connectivity index (χ2n) is 4.42. The first-order valence-electron chi connectivity index (χ1n) is 5.27. The van der Waals surface area contributed by atoms with E-state index in [4.69, 9.17) is 21.1 Å². The van der Waals surface area contributed by atoms with Crippen molar-refractivity contribution in [2.45, 2.75) is 26.2 Å². The summed E-state index contributed by atoms with van der Waals surface area (Å²) in [4.78, 5) is 11.8. The van der Waals surface area contributed by atoms with Gasteiger partial charge in [-0.3, -0.25) is 4.79 Å². The Hall–Kier alpha value is -1.22. The molecular formula is C13H17ClO3. The van der Waals surface area contributed by atoms with E-state index in [1.54, 1.807) is 27.0 Å². The highest BCUT2D eigenvalue weighted by atomic mass is 35.5. The number of carbonyl (C=O) groups is 1. The van der Waals surface area contributed by atoms with Gasteiger partial charge in [0.2, 0.25) is 0 Å². The van der Waals surface area contributed by atoms with E-state index in [0.717, 1.165) is 11.1 Å². The lowest BCUT2D eigenvalue weighted by molar-refractivity contribution is -0.146. The summed E-state index contributed by atoms with van der Waals surface area (Å²) >= 11 is 6.09. The van der Waals surface area contributed by atoms with Crippen LogP contribution in [0.25, 0.3) is 0 Å². The van der Waals surface area contributed by atoms with Gasteiger partial charge in [0.15, 0.2) is 0 Å². The number of methoxy groups -OCH3 is 2. The Morgan fingerprint density at radius 2 is 1.88 bits per heavy atom. The summed E-state index contributed by atoms with van der Waals surface area (Å²) in [7, 11) is 2.94. The summed E-state index contributed by atoms with van der Waals surface area (Å²) in [6, 6.07) is 3.58. The second-order valence-corrected chi connectivity index (χ2v) is 4.83. The normalized spacial score (nSPS) is 11.2. The highest BCUT2D eigenvalue weighted by molar-refractivity contribution is 6.31. The zero-order valence-electron chi connectivity index (χ0n) is 10.8. The van der Waals surface area contributed by atoms with Gasteiger partial charge in [0.25, 0.3) is 0 Å². The van der Waals surface area contributed by atoms with Crippen molar-refractivity contribution in [1.29, 1.82) is 0 Å². The van der Waals surface area contributed by atoms with Crippen molar-refractivity contribution in [1.82, 2.24) is 0 Å². The van der Waals surface area contributed by atoms with Gasteiger partial charge in [-0.2, -0.15) is 0 Å². The molecule has 0 aliphatic heterocycles. The van der Waals surface area contributed by atoms with Gasteiger partial charge < -0.3 is 9.47 Å². The molecule has 0 aliphatic carbocycles. The quantitative estimate of drug-likeness (QED) is 0.780. The van der Waals surface area contributed by atoms with Crippen LogP contribution in [-0.4, -0.2) is 20.2 Å². The van der Waals surface area contributed by atoms with Crippen molar-refractivity contribution >= 4 is 17.6 Å². The van der Waals surface area contributed by atoms with E-state index in [0.29, 0.717) is 10.8 Å². The first kappa shape index (κ1) is 13.8. The van der Waals surface area contributed by atoms with Crippen LogP contribution in [0.4, 0.5) is 0 Å². The van der Waals surface area contributed by atoms with Crippen molar-refractivity contribution in [3.63, 3.8) is 0 Å². The van der Waals surface area contributed by atoms with Crippen molar-refractivity contribution in [2.24, 2.45) is 0 Å². The van der Waals surface area contributed by atoms with E-state index in [1.165, 1.54) is 7.11 Å². The molecule has 0 unspecified atom stereocenters. The van der Waals surface area contributed by atoms with E-state index in [9.17, 15) is 4.79 Å². The molecule has 0 fully saturated rings. The minimum atomic E-state index is -0.794. The minimum absolute atomic E-state index is 0.323. The number of halogens is 1. The SMILES string of the molecule is COC(=O)C(C)(C)c1cc(Cl)c(C)cc1OC. The van der Waals surface area contributed by atoms with Crippen LogP contribution in [0.15, 0.2) is 12.1 Å². The first-order chi connectivity index (χ1) is 7.84. The largest absolute Gasteiger partial charge is 0.496 e. The molecule has 0 atom stereocenters. The van der Waals surface area contributed by atoms with Crippen molar-refractivity contribution in [2.75, 3.05) is 14.2 Å². The maximum atomic E-state index is 11.8. The highest BCUT2D eigenvalue weighted by Gasteiger charge is 2.34. The fraction of sp³-hybridized carbons (Fsp3) is 0.462. The Morgan fingerprint density at radius 1 is 1.29 bits per heavy atom. The second kappa shape index (κ2) is 4.96. The molecule has 17 heavy (non-hydrogen) atoms. The molecule has 1 aromatic carbocycles. The molecule has 0 N–H and O–H groups in total. The van der Waals surface area contributed by atoms with E-state index < -0.39 is 5.41 Å². The summed E-state index contributed by atoms with van der Waals surface area (Å²) in [6.07, 6.45) is 0. The van der Waals surface area contributed by atoms with Gasteiger partial charge in [-0.15, -0.1) is 0 Å². The molecule has 4 heteroatoms. The molecule has 0 aliphatic rings. The van der Waals surface area contributed by atoms with E-state index >= 15 is 0 Å². The molecule has 0 heterocycles. The molecule has 0 radical (unpaired) electrons. The fourth-order valence-corrected chi connectivity index (χ4v) is 1.84. The number of hydrogen-bond acceptors (Lipinski definition) is 3.